The number of halogens is 1. The maximum absolute atomic E-state index is 9.44. The second-order valence-corrected chi connectivity index (χ2v) is 1.87. The standard InChI is InChI=1S/C4H11N.C3H6O.ClH/c1-3-5-4-2;1-3(2)4;/h5H,3-4H2,1-2H3;1-2H3;1H. The quantitative estimate of drug-likeness (QED) is 0.678. The number of hydrogen-bond acceptors (Lipinski definition) is 2. The van der Waals surface area contributed by atoms with Crippen molar-refractivity contribution in [3.63, 3.8) is 0 Å². The summed E-state index contributed by atoms with van der Waals surface area (Å²) in [6, 6.07) is 0. The lowest BCUT2D eigenvalue weighted by atomic mass is 10.6. The van der Waals surface area contributed by atoms with Crippen LogP contribution in [0.4, 0.5) is 0 Å². The van der Waals surface area contributed by atoms with Gasteiger partial charge in [0.05, 0.1) is 0 Å². The predicted molar refractivity (Wildman–Crippen MR) is 47.8 cm³/mol. The van der Waals surface area contributed by atoms with Gasteiger partial charge in [0, 0.05) is 0 Å². The predicted octanol–water partition coefficient (Wildman–Crippen LogP) is 1.63. The normalized spacial score (nSPS) is 6.80. The molecule has 0 heterocycles. The molecule has 1 N–H and O–H groups in total. The van der Waals surface area contributed by atoms with Gasteiger partial charge in [-0.1, -0.05) is 13.8 Å². The van der Waals surface area contributed by atoms with Gasteiger partial charge in [-0.05, 0) is 26.9 Å². The molecule has 0 bridgehead atoms. The van der Waals surface area contributed by atoms with Gasteiger partial charge in [0.25, 0.3) is 0 Å². The molecule has 0 atom stereocenters. The summed E-state index contributed by atoms with van der Waals surface area (Å²) in [6.07, 6.45) is 0. The maximum atomic E-state index is 9.44. The first kappa shape index (κ1) is 16.5. The van der Waals surface area contributed by atoms with Crippen molar-refractivity contribution in [3.8, 4) is 0 Å². The monoisotopic (exact) mass is 167 g/mol. The number of hydrogen-bond donors (Lipinski definition) is 1. The summed E-state index contributed by atoms with van der Waals surface area (Å²) in [7, 11) is 0. The van der Waals surface area contributed by atoms with Crippen LogP contribution in [0, 0.1) is 0 Å². The van der Waals surface area contributed by atoms with Crippen LogP contribution in [0.2, 0.25) is 0 Å². The molecule has 2 nitrogen and oxygen atoms in total. The molecule has 64 valence electrons. The number of carbonyl (C=O) groups is 1. The molecule has 0 fully saturated rings. The lowest BCUT2D eigenvalue weighted by Gasteiger charge is -1.86. The van der Waals surface area contributed by atoms with Crippen LogP contribution in [-0.2, 0) is 4.79 Å². The molecule has 0 aliphatic carbocycles. The van der Waals surface area contributed by atoms with Crippen molar-refractivity contribution >= 4 is 18.2 Å². The van der Waals surface area contributed by atoms with E-state index in [2.05, 4.69) is 19.2 Å². The smallest absolute Gasteiger partial charge is 0.126 e. The highest BCUT2D eigenvalue weighted by atomic mass is 35.5. The summed E-state index contributed by atoms with van der Waals surface area (Å²) in [5.74, 6) is 0.167. The van der Waals surface area contributed by atoms with Crippen molar-refractivity contribution < 1.29 is 4.79 Å². The Balaban J connectivity index is -0.0000000910. The van der Waals surface area contributed by atoms with Gasteiger partial charge in [-0.2, -0.15) is 0 Å². The molecule has 10 heavy (non-hydrogen) atoms. The van der Waals surface area contributed by atoms with E-state index in [4.69, 9.17) is 0 Å². The van der Waals surface area contributed by atoms with Crippen molar-refractivity contribution in [1.82, 2.24) is 5.32 Å². The van der Waals surface area contributed by atoms with E-state index in [1.54, 1.807) is 0 Å². The summed E-state index contributed by atoms with van der Waals surface area (Å²) in [6.45, 7) is 9.44. The van der Waals surface area contributed by atoms with Gasteiger partial charge in [0.1, 0.15) is 5.78 Å². The van der Waals surface area contributed by atoms with Crippen molar-refractivity contribution in [2.75, 3.05) is 13.1 Å². The minimum Gasteiger partial charge on any atom is -0.317 e. The average molecular weight is 168 g/mol. The SMILES string of the molecule is CC(C)=O.CCNCC.Cl. The van der Waals surface area contributed by atoms with E-state index in [0.717, 1.165) is 13.1 Å². The maximum Gasteiger partial charge on any atom is 0.126 e. The Morgan fingerprint density at radius 2 is 1.40 bits per heavy atom. The molecule has 0 aromatic rings. The zero-order valence-corrected chi connectivity index (χ0v) is 8.05. The summed E-state index contributed by atoms with van der Waals surface area (Å²) in [5.41, 5.74) is 0. The third kappa shape index (κ3) is 103. The van der Waals surface area contributed by atoms with E-state index >= 15 is 0 Å². The van der Waals surface area contributed by atoms with Crippen molar-refractivity contribution in [1.29, 1.82) is 0 Å². The Bertz CT molecular complexity index is 60.6. The number of Topliss-reactive ketones (excluding diaryl/α,β-unsaturated/α-hetero) is 1. The van der Waals surface area contributed by atoms with E-state index in [0.29, 0.717) is 0 Å². The fourth-order valence-corrected chi connectivity index (χ4v) is 0.250. The first-order valence-corrected chi connectivity index (χ1v) is 3.33. The summed E-state index contributed by atoms with van der Waals surface area (Å²) < 4.78 is 0. The van der Waals surface area contributed by atoms with Gasteiger partial charge in [-0.3, -0.25) is 0 Å². The largest absolute Gasteiger partial charge is 0.317 e. The Kier molecular flexibility index (Phi) is 26.3. The highest BCUT2D eigenvalue weighted by Gasteiger charge is 1.63. The van der Waals surface area contributed by atoms with Crippen molar-refractivity contribution in [2.24, 2.45) is 0 Å². The van der Waals surface area contributed by atoms with Gasteiger partial charge in [0.15, 0.2) is 0 Å². The molecular weight excluding hydrogens is 150 g/mol. The highest BCUT2D eigenvalue weighted by Crippen LogP contribution is 1.50. The molecule has 0 aliphatic heterocycles. The topological polar surface area (TPSA) is 29.1 Å². The van der Waals surface area contributed by atoms with Crippen LogP contribution in [0.1, 0.15) is 27.7 Å². The second-order valence-electron chi connectivity index (χ2n) is 1.87. The lowest BCUT2D eigenvalue weighted by molar-refractivity contribution is -0.114. The number of ketones is 1. The van der Waals surface area contributed by atoms with Crippen LogP contribution in [-0.4, -0.2) is 18.9 Å². The Morgan fingerprint density at radius 3 is 1.40 bits per heavy atom. The van der Waals surface area contributed by atoms with Crippen molar-refractivity contribution in [2.45, 2.75) is 27.7 Å². The van der Waals surface area contributed by atoms with E-state index in [-0.39, 0.29) is 18.2 Å². The molecule has 0 saturated heterocycles. The minimum atomic E-state index is 0. The Labute approximate surface area is 69.8 Å². The number of rotatable bonds is 2. The highest BCUT2D eigenvalue weighted by molar-refractivity contribution is 5.85. The van der Waals surface area contributed by atoms with Crippen LogP contribution in [0.15, 0.2) is 0 Å². The first-order chi connectivity index (χ1) is 4.15. The van der Waals surface area contributed by atoms with Crippen molar-refractivity contribution in [3.05, 3.63) is 0 Å². The fraction of sp³-hybridized carbons (Fsp3) is 0.857. The molecule has 0 saturated carbocycles. The fourth-order valence-electron chi connectivity index (χ4n) is 0.250. The number of nitrogens with one attached hydrogen (secondary N) is 1. The van der Waals surface area contributed by atoms with E-state index in [1.807, 2.05) is 0 Å². The molecule has 3 heteroatoms. The summed E-state index contributed by atoms with van der Waals surface area (Å²) >= 11 is 0. The van der Waals surface area contributed by atoms with Crippen LogP contribution in [0.3, 0.4) is 0 Å². The molecule has 0 amide bonds. The second kappa shape index (κ2) is 16.0. The van der Waals surface area contributed by atoms with Gasteiger partial charge in [0.2, 0.25) is 0 Å². The van der Waals surface area contributed by atoms with Gasteiger partial charge >= 0.3 is 0 Å². The summed E-state index contributed by atoms with van der Waals surface area (Å²) in [5, 5.41) is 3.11. The van der Waals surface area contributed by atoms with Gasteiger partial charge in [-0.15, -0.1) is 12.4 Å². The van der Waals surface area contributed by atoms with Crippen LogP contribution >= 0.6 is 12.4 Å². The number of carbonyl (C=O) groups excluding carboxylic acids is 1. The zero-order valence-electron chi connectivity index (χ0n) is 7.23. The lowest BCUT2D eigenvalue weighted by Crippen LogP contribution is -2.09. The van der Waals surface area contributed by atoms with Crippen LogP contribution in [0.25, 0.3) is 0 Å². The Morgan fingerprint density at radius 1 is 1.20 bits per heavy atom. The molecule has 0 radical (unpaired) electrons. The molecule has 0 aromatic heterocycles. The summed E-state index contributed by atoms with van der Waals surface area (Å²) in [4.78, 5) is 9.44. The molecule has 0 unspecified atom stereocenters. The van der Waals surface area contributed by atoms with E-state index in [1.165, 1.54) is 13.8 Å². The molecule has 0 spiro atoms. The molecule has 0 rings (SSSR count). The zero-order chi connectivity index (χ0) is 7.70. The van der Waals surface area contributed by atoms with Gasteiger partial charge in [-0.25, -0.2) is 0 Å². The first-order valence-electron chi connectivity index (χ1n) is 3.33. The molecule has 0 aromatic carbocycles. The Hall–Kier alpha value is -0.0800. The molecule has 0 aliphatic rings. The minimum absolute atomic E-state index is 0. The van der Waals surface area contributed by atoms with Crippen LogP contribution < -0.4 is 5.32 Å². The van der Waals surface area contributed by atoms with Gasteiger partial charge < -0.3 is 10.1 Å². The van der Waals surface area contributed by atoms with E-state index < -0.39 is 0 Å². The molecular formula is C7H18ClNO. The van der Waals surface area contributed by atoms with Crippen LogP contribution in [0.5, 0.6) is 0 Å². The average Bonchev–Trinajstić information content (AvgIpc) is 1.66. The third-order valence-corrected chi connectivity index (χ3v) is 0.500. The van der Waals surface area contributed by atoms with E-state index in [9.17, 15) is 4.79 Å². The third-order valence-electron chi connectivity index (χ3n) is 0.500.